The second kappa shape index (κ2) is 16.4. The summed E-state index contributed by atoms with van der Waals surface area (Å²) in [7, 11) is 0. The minimum absolute atomic E-state index is 0.0721. The smallest absolute Gasteiger partial charge is 0.307 e. The number of nitriles is 2. The highest BCUT2D eigenvalue weighted by Crippen LogP contribution is 2.46. The quantitative estimate of drug-likeness (QED) is 0.150. The van der Waals surface area contributed by atoms with Crippen molar-refractivity contribution in [2.75, 3.05) is 0 Å². The summed E-state index contributed by atoms with van der Waals surface area (Å²) >= 11 is 0. The fourth-order valence-electron chi connectivity index (χ4n) is 9.32. The topological polar surface area (TPSA) is 161 Å². The lowest BCUT2D eigenvalue weighted by atomic mass is 9.90. The van der Waals surface area contributed by atoms with E-state index in [4.69, 9.17) is 0 Å². The Morgan fingerprint density at radius 2 is 0.729 bits per heavy atom. The SMILES string of the molecule is N#Cc1cc(-n2c3ccc(-c4ncccn4)cc3c3cc(-c4ncccn4)ccc32)c(-n2c3ccc(-c4ncccn4)cc3c3cc(-c4ncccn4)ccc32)cc1-c1c(C#N)cccc1C(F)(F)F. The van der Waals surface area contributed by atoms with Gasteiger partial charge in [0.25, 0.3) is 0 Å². The van der Waals surface area contributed by atoms with Gasteiger partial charge in [0.05, 0.1) is 62.3 Å². The molecule has 0 saturated heterocycles. The molecule has 0 atom stereocenters. The van der Waals surface area contributed by atoms with Gasteiger partial charge in [0.15, 0.2) is 23.3 Å². The van der Waals surface area contributed by atoms with Crippen LogP contribution >= 0.6 is 0 Å². The fourth-order valence-corrected chi connectivity index (χ4v) is 9.32. The number of alkyl halides is 3. The molecule has 0 spiro atoms. The molecular weight excluding hydrogens is 886 g/mol. The van der Waals surface area contributed by atoms with Gasteiger partial charge >= 0.3 is 6.18 Å². The van der Waals surface area contributed by atoms with E-state index in [0.717, 1.165) is 49.9 Å². The molecule has 0 unspecified atom stereocenters. The van der Waals surface area contributed by atoms with E-state index >= 15 is 13.2 Å². The Morgan fingerprint density at radius 3 is 1.06 bits per heavy atom. The van der Waals surface area contributed by atoms with Crippen LogP contribution in [0.1, 0.15) is 16.7 Å². The maximum Gasteiger partial charge on any atom is 0.417 e. The molecule has 6 aromatic heterocycles. The standard InChI is InChI=1S/C55H29F3N12/c56-55(57,58)43-7-1-6-36(30-59)50(43)38-29-49(70-46-14-10-34(53-65-20-4-21-66-53)26-41(46)42-27-35(11-15-47(42)70)54-67-22-5-23-68-54)48(28-37(38)31-60)69-44-12-8-32(51-61-16-2-17-62-51)24-39(44)40-25-33(9-13-45(40)69)52-63-18-3-19-64-52/h1-29H. The lowest BCUT2D eigenvalue weighted by molar-refractivity contribution is -0.137. The summed E-state index contributed by atoms with van der Waals surface area (Å²) in [5.74, 6) is 2.00. The van der Waals surface area contributed by atoms with Crippen LogP contribution in [0.2, 0.25) is 0 Å². The van der Waals surface area contributed by atoms with E-state index in [1.165, 1.54) is 12.1 Å². The van der Waals surface area contributed by atoms with E-state index in [-0.39, 0.29) is 16.7 Å². The van der Waals surface area contributed by atoms with Crippen molar-refractivity contribution in [3.05, 3.63) is 194 Å². The van der Waals surface area contributed by atoms with Gasteiger partial charge in [0.1, 0.15) is 0 Å². The molecule has 6 aromatic carbocycles. The predicted octanol–water partition coefficient (Wildman–Crippen LogP) is 12.1. The molecule has 12 aromatic rings. The first-order valence-corrected chi connectivity index (χ1v) is 21.7. The summed E-state index contributed by atoms with van der Waals surface area (Å²) < 4.78 is 49.5. The van der Waals surface area contributed by atoms with Gasteiger partial charge in [-0.25, -0.2) is 39.9 Å². The molecule has 12 nitrogen and oxygen atoms in total. The zero-order chi connectivity index (χ0) is 47.5. The highest BCUT2D eigenvalue weighted by Gasteiger charge is 2.36. The normalized spacial score (nSPS) is 11.6. The fraction of sp³-hybridized carbons (Fsp3) is 0.0182. The van der Waals surface area contributed by atoms with Crippen molar-refractivity contribution in [2.45, 2.75) is 6.18 Å². The van der Waals surface area contributed by atoms with Crippen molar-refractivity contribution < 1.29 is 13.2 Å². The van der Waals surface area contributed by atoms with E-state index in [1.807, 2.05) is 88.0 Å². The van der Waals surface area contributed by atoms with Gasteiger partial charge in [0, 0.05) is 105 Å². The van der Waals surface area contributed by atoms with Crippen molar-refractivity contribution in [1.82, 2.24) is 49.0 Å². The van der Waals surface area contributed by atoms with E-state index < -0.39 is 17.3 Å². The Hall–Kier alpha value is -9.99. The second-order valence-corrected chi connectivity index (χ2v) is 16.2. The van der Waals surface area contributed by atoms with E-state index in [9.17, 15) is 10.5 Å². The van der Waals surface area contributed by atoms with Gasteiger partial charge in [-0.2, -0.15) is 23.7 Å². The molecule has 0 radical (unpaired) electrons. The van der Waals surface area contributed by atoms with E-state index in [2.05, 4.69) is 45.9 Å². The Morgan fingerprint density at radius 1 is 0.386 bits per heavy atom. The van der Waals surface area contributed by atoms with Crippen LogP contribution in [-0.4, -0.2) is 49.0 Å². The van der Waals surface area contributed by atoms with Gasteiger partial charge in [-0.15, -0.1) is 0 Å². The molecule has 0 aliphatic carbocycles. The monoisotopic (exact) mass is 914 g/mol. The Labute approximate surface area is 395 Å². The predicted molar refractivity (Wildman–Crippen MR) is 259 cm³/mol. The summed E-state index contributed by atoms with van der Waals surface area (Å²) in [4.78, 5) is 36.2. The molecule has 330 valence electrons. The molecule has 12 rings (SSSR count). The third-order valence-corrected chi connectivity index (χ3v) is 12.3. The van der Waals surface area contributed by atoms with Crippen LogP contribution in [0.4, 0.5) is 13.2 Å². The molecule has 0 bridgehead atoms. The molecule has 0 saturated carbocycles. The van der Waals surface area contributed by atoms with Crippen LogP contribution in [0.3, 0.4) is 0 Å². The molecule has 0 fully saturated rings. The molecule has 0 aliphatic heterocycles. The molecule has 0 N–H and O–H groups in total. The van der Waals surface area contributed by atoms with Gasteiger partial charge < -0.3 is 9.13 Å². The van der Waals surface area contributed by atoms with E-state index in [1.54, 1.807) is 86.0 Å². The maximum absolute atomic E-state index is 15.2. The number of fused-ring (bicyclic) bond motifs is 6. The van der Waals surface area contributed by atoms with Gasteiger partial charge in [-0.05, 0) is 121 Å². The summed E-state index contributed by atoms with van der Waals surface area (Å²) in [5.41, 5.74) is 4.73. The summed E-state index contributed by atoms with van der Waals surface area (Å²) in [6.07, 6.45) is 8.46. The Balaban J connectivity index is 1.24. The molecular formula is C55H29F3N12. The number of hydrogen-bond acceptors (Lipinski definition) is 10. The number of halogens is 3. The highest BCUT2D eigenvalue weighted by atomic mass is 19.4. The highest BCUT2D eigenvalue weighted by molar-refractivity contribution is 6.14. The van der Waals surface area contributed by atoms with Crippen molar-refractivity contribution in [1.29, 1.82) is 10.5 Å². The van der Waals surface area contributed by atoms with Gasteiger partial charge in [-0.3, -0.25) is 0 Å². The molecule has 15 heteroatoms. The van der Waals surface area contributed by atoms with Gasteiger partial charge in [-0.1, -0.05) is 6.07 Å². The minimum atomic E-state index is -4.88. The second-order valence-electron chi connectivity index (χ2n) is 16.2. The Kier molecular flexibility index (Phi) is 9.71. The number of benzene rings is 6. The lowest BCUT2D eigenvalue weighted by Crippen LogP contribution is -2.10. The van der Waals surface area contributed by atoms with Crippen molar-refractivity contribution >= 4 is 43.6 Å². The van der Waals surface area contributed by atoms with Crippen LogP contribution in [0.25, 0.3) is 112 Å². The van der Waals surface area contributed by atoms with Crippen LogP contribution in [0.5, 0.6) is 0 Å². The van der Waals surface area contributed by atoms with Crippen LogP contribution < -0.4 is 0 Å². The Bertz CT molecular complexity index is 3930. The number of rotatable bonds is 7. The number of aromatic nitrogens is 10. The van der Waals surface area contributed by atoms with Crippen LogP contribution in [0, 0.1) is 22.7 Å². The van der Waals surface area contributed by atoms with Crippen LogP contribution in [0.15, 0.2) is 177 Å². The minimum Gasteiger partial charge on any atom is -0.307 e. The number of nitrogens with zero attached hydrogens (tertiary/aromatic N) is 12. The van der Waals surface area contributed by atoms with Crippen LogP contribution in [-0.2, 0) is 6.18 Å². The largest absolute Gasteiger partial charge is 0.417 e. The zero-order valence-electron chi connectivity index (χ0n) is 36.2. The third kappa shape index (κ3) is 6.84. The van der Waals surface area contributed by atoms with Crippen molar-refractivity contribution in [3.63, 3.8) is 0 Å². The average molecular weight is 915 g/mol. The van der Waals surface area contributed by atoms with E-state index in [0.29, 0.717) is 56.7 Å². The summed E-state index contributed by atoms with van der Waals surface area (Å²) in [6, 6.07) is 41.1. The first kappa shape index (κ1) is 41.4. The summed E-state index contributed by atoms with van der Waals surface area (Å²) in [5, 5.41) is 24.6. The number of hydrogen-bond donors (Lipinski definition) is 0. The molecule has 0 amide bonds. The maximum atomic E-state index is 15.2. The van der Waals surface area contributed by atoms with Gasteiger partial charge in [0.2, 0.25) is 0 Å². The molecule has 6 heterocycles. The zero-order valence-corrected chi connectivity index (χ0v) is 36.2. The average Bonchev–Trinajstić information content (AvgIpc) is 3.92. The first-order valence-electron chi connectivity index (χ1n) is 21.7. The molecule has 0 aliphatic rings. The first-order chi connectivity index (χ1) is 34.3. The lowest BCUT2D eigenvalue weighted by Gasteiger charge is -2.21. The molecule has 70 heavy (non-hydrogen) atoms. The third-order valence-electron chi connectivity index (χ3n) is 12.3. The van der Waals surface area contributed by atoms with Crippen molar-refractivity contribution in [3.8, 4) is 80.2 Å². The van der Waals surface area contributed by atoms with Crippen molar-refractivity contribution in [2.24, 2.45) is 0 Å². The summed E-state index contributed by atoms with van der Waals surface area (Å²) in [6.45, 7) is 0.